The summed E-state index contributed by atoms with van der Waals surface area (Å²) in [5.74, 6) is 0.739. The molecule has 2 unspecified atom stereocenters. The van der Waals surface area contributed by atoms with E-state index in [1.54, 1.807) is 0 Å². The second-order valence-electron chi connectivity index (χ2n) is 5.48. The molecule has 1 aliphatic carbocycles. The van der Waals surface area contributed by atoms with Crippen molar-refractivity contribution in [3.63, 3.8) is 0 Å². The van der Waals surface area contributed by atoms with Crippen molar-refractivity contribution in [2.24, 2.45) is 11.7 Å². The number of carbonyl (C=O) groups is 1. The van der Waals surface area contributed by atoms with Gasteiger partial charge in [-0.3, -0.25) is 4.79 Å². The lowest BCUT2D eigenvalue weighted by molar-refractivity contribution is -0.123. The topological polar surface area (TPSA) is 55.1 Å². The van der Waals surface area contributed by atoms with Crippen LogP contribution in [0.2, 0.25) is 0 Å². The summed E-state index contributed by atoms with van der Waals surface area (Å²) >= 11 is 0. The van der Waals surface area contributed by atoms with Gasteiger partial charge in [-0.1, -0.05) is 42.7 Å². The third-order valence-electron chi connectivity index (χ3n) is 3.49. The number of benzene rings is 1. The highest BCUT2D eigenvalue weighted by atomic mass is 16.2. The molecule has 3 N–H and O–H groups in total. The van der Waals surface area contributed by atoms with Gasteiger partial charge in [-0.25, -0.2) is 0 Å². The van der Waals surface area contributed by atoms with Crippen molar-refractivity contribution in [3.05, 3.63) is 35.4 Å². The van der Waals surface area contributed by atoms with Gasteiger partial charge in [0.15, 0.2) is 0 Å². The van der Waals surface area contributed by atoms with Crippen LogP contribution in [0.3, 0.4) is 0 Å². The Balaban J connectivity index is 1.88. The molecule has 1 aliphatic rings. The van der Waals surface area contributed by atoms with Crippen LogP contribution in [0.1, 0.15) is 43.4 Å². The molecule has 0 heterocycles. The van der Waals surface area contributed by atoms with Crippen molar-refractivity contribution < 1.29 is 4.79 Å². The molecule has 0 spiro atoms. The average Bonchev–Trinajstić information content (AvgIpc) is 3.12. The molecule has 1 fully saturated rings. The molecule has 1 aromatic carbocycles. The fraction of sp³-hybridized carbons (Fsp3) is 0.533. The molecule has 0 radical (unpaired) electrons. The lowest BCUT2D eigenvalue weighted by atomic mass is 10.0. The molecule has 0 aliphatic heterocycles. The van der Waals surface area contributed by atoms with Gasteiger partial charge in [-0.15, -0.1) is 0 Å². The third-order valence-corrected chi connectivity index (χ3v) is 3.49. The molecule has 1 saturated carbocycles. The zero-order valence-corrected chi connectivity index (χ0v) is 11.1. The van der Waals surface area contributed by atoms with Gasteiger partial charge in [0.05, 0.1) is 0 Å². The van der Waals surface area contributed by atoms with Gasteiger partial charge in [0.1, 0.15) is 6.04 Å². The first-order valence-corrected chi connectivity index (χ1v) is 6.69. The van der Waals surface area contributed by atoms with Crippen molar-refractivity contribution >= 4 is 5.91 Å². The Morgan fingerprint density at radius 1 is 1.39 bits per heavy atom. The monoisotopic (exact) mass is 246 g/mol. The van der Waals surface area contributed by atoms with E-state index >= 15 is 0 Å². The summed E-state index contributed by atoms with van der Waals surface area (Å²) in [7, 11) is 0. The quantitative estimate of drug-likeness (QED) is 0.837. The highest BCUT2D eigenvalue weighted by molar-refractivity contribution is 5.83. The molecule has 2 rings (SSSR count). The smallest absolute Gasteiger partial charge is 0.241 e. The molecular formula is C15H22N2O. The summed E-state index contributed by atoms with van der Waals surface area (Å²) in [5, 5.41) is 3.00. The van der Waals surface area contributed by atoms with Gasteiger partial charge < -0.3 is 11.1 Å². The number of hydrogen-bond acceptors (Lipinski definition) is 2. The predicted molar refractivity (Wildman–Crippen MR) is 73.1 cm³/mol. The summed E-state index contributed by atoms with van der Waals surface area (Å²) in [5.41, 5.74) is 8.02. The van der Waals surface area contributed by atoms with Crippen molar-refractivity contribution in [1.29, 1.82) is 0 Å². The van der Waals surface area contributed by atoms with E-state index in [2.05, 4.69) is 12.2 Å². The molecule has 3 nitrogen and oxygen atoms in total. The minimum Gasteiger partial charge on any atom is -0.352 e. The van der Waals surface area contributed by atoms with E-state index in [1.165, 1.54) is 18.4 Å². The summed E-state index contributed by atoms with van der Waals surface area (Å²) in [4.78, 5) is 12.0. The van der Waals surface area contributed by atoms with Crippen LogP contribution in [-0.4, -0.2) is 11.9 Å². The zero-order chi connectivity index (χ0) is 13.1. The Morgan fingerprint density at radius 3 is 2.56 bits per heavy atom. The molecule has 0 bridgehead atoms. The van der Waals surface area contributed by atoms with E-state index in [0.717, 1.165) is 17.9 Å². The number of nitrogens with two attached hydrogens (primary N) is 1. The molecule has 0 saturated heterocycles. The minimum absolute atomic E-state index is 0.0768. The maximum absolute atomic E-state index is 12.0. The Morgan fingerprint density at radius 2 is 2.00 bits per heavy atom. The molecule has 98 valence electrons. The van der Waals surface area contributed by atoms with Gasteiger partial charge in [-0.05, 0) is 31.7 Å². The Labute approximate surface area is 109 Å². The number of hydrogen-bond donors (Lipinski definition) is 2. The fourth-order valence-electron chi connectivity index (χ4n) is 2.17. The molecule has 3 heteroatoms. The van der Waals surface area contributed by atoms with Gasteiger partial charge in [0, 0.05) is 6.04 Å². The van der Waals surface area contributed by atoms with Crippen LogP contribution >= 0.6 is 0 Å². The molecule has 2 atom stereocenters. The lowest BCUT2D eigenvalue weighted by Gasteiger charge is -2.17. The molecular weight excluding hydrogens is 224 g/mol. The minimum atomic E-state index is -0.563. The second-order valence-corrected chi connectivity index (χ2v) is 5.48. The SMILES string of the molecule is Cc1ccc(C(N)C(=O)NC(C)CC2CC2)cc1. The van der Waals surface area contributed by atoms with Crippen molar-refractivity contribution in [2.75, 3.05) is 0 Å². The fourth-order valence-corrected chi connectivity index (χ4v) is 2.17. The molecule has 18 heavy (non-hydrogen) atoms. The zero-order valence-electron chi connectivity index (χ0n) is 11.1. The molecule has 1 aromatic rings. The van der Waals surface area contributed by atoms with Crippen molar-refractivity contribution in [1.82, 2.24) is 5.32 Å². The maximum Gasteiger partial charge on any atom is 0.241 e. The van der Waals surface area contributed by atoms with Crippen LogP contribution in [0.15, 0.2) is 24.3 Å². The predicted octanol–water partition coefficient (Wildman–Crippen LogP) is 2.30. The Hall–Kier alpha value is -1.35. The van der Waals surface area contributed by atoms with Crippen LogP contribution < -0.4 is 11.1 Å². The summed E-state index contributed by atoms with van der Waals surface area (Å²) < 4.78 is 0. The highest BCUT2D eigenvalue weighted by Crippen LogP contribution is 2.33. The Kier molecular flexibility index (Phi) is 4.02. The van der Waals surface area contributed by atoms with E-state index < -0.39 is 6.04 Å². The van der Waals surface area contributed by atoms with Crippen LogP contribution in [0.25, 0.3) is 0 Å². The van der Waals surface area contributed by atoms with E-state index in [9.17, 15) is 4.79 Å². The van der Waals surface area contributed by atoms with Crippen molar-refractivity contribution in [2.45, 2.75) is 45.2 Å². The van der Waals surface area contributed by atoms with E-state index in [1.807, 2.05) is 31.2 Å². The molecule has 0 aromatic heterocycles. The van der Waals surface area contributed by atoms with E-state index in [0.29, 0.717) is 0 Å². The lowest BCUT2D eigenvalue weighted by Crippen LogP contribution is -2.39. The van der Waals surface area contributed by atoms with Crippen LogP contribution in [0, 0.1) is 12.8 Å². The van der Waals surface area contributed by atoms with Crippen LogP contribution in [0.5, 0.6) is 0 Å². The first kappa shape index (κ1) is 13.1. The number of rotatable bonds is 5. The summed E-state index contributed by atoms with van der Waals surface area (Å²) in [6.45, 7) is 4.07. The van der Waals surface area contributed by atoms with Gasteiger partial charge >= 0.3 is 0 Å². The maximum atomic E-state index is 12.0. The van der Waals surface area contributed by atoms with Gasteiger partial charge in [0.2, 0.25) is 5.91 Å². The highest BCUT2D eigenvalue weighted by Gasteiger charge is 2.25. The molecule has 1 amide bonds. The van der Waals surface area contributed by atoms with Gasteiger partial charge in [-0.2, -0.15) is 0 Å². The third kappa shape index (κ3) is 3.57. The number of nitrogens with one attached hydrogen (secondary N) is 1. The van der Waals surface area contributed by atoms with Gasteiger partial charge in [0.25, 0.3) is 0 Å². The van der Waals surface area contributed by atoms with E-state index in [-0.39, 0.29) is 11.9 Å². The second kappa shape index (κ2) is 5.53. The summed E-state index contributed by atoms with van der Waals surface area (Å²) in [6.07, 6.45) is 3.70. The summed E-state index contributed by atoms with van der Waals surface area (Å²) in [6, 6.07) is 7.47. The standard InChI is InChI=1S/C15H22N2O/c1-10-3-7-13(8-4-10)14(16)15(18)17-11(2)9-12-5-6-12/h3-4,7-8,11-12,14H,5-6,9,16H2,1-2H3,(H,17,18). The number of aryl methyl sites for hydroxylation is 1. The average molecular weight is 246 g/mol. The van der Waals surface area contributed by atoms with Crippen LogP contribution in [0.4, 0.5) is 0 Å². The first-order chi connectivity index (χ1) is 8.56. The number of carbonyl (C=O) groups excluding carboxylic acids is 1. The van der Waals surface area contributed by atoms with E-state index in [4.69, 9.17) is 5.73 Å². The normalized spacial score (nSPS) is 18.2. The van der Waals surface area contributed by atoms with Crippen molar-refractivity contribution in [3.8, 4) is 0 Å². The Bertz CT molecular complexity index is 409. The number of amides is 1. The van der Waals surface area contributed by atoms with Crippen LogP contribution in [-0.2, 0) is 4.79 Å². The largest absolute Gasteiger partial charge is 0.352 e. The first-order valence-electron chi connectivity index (χ1n) is 6.69.